The molecule has 0 fully saturated rings. The lowest BCUT2D eigenvalue weighted by molar-refractivity contribution is 0.952. The molecule has 0 atom stereocenters. The quantitative estimate of drug-likeness (QED) is 0.897. The molecule has 1 aromatic carbocycles. The lowest BCUT2D eigenvalue weighted by Gasteiger charge is -2.19. The SMILES string of the molecule is Cc1cc(C)cc(N(C)c2cnc(CN)cn2)c1. The monoisotopic (exact) mass is 242 g/mol. The van der Waals surface area contributed by atoms with Gasteiger partial charge in [0, 0.05) is 19.3 Å². The van der Waals surface area contributed by atoms with Crippen molar-refractivity contribution in [3.05, 3.63) is 47.4 Å². The molecule has 0 saturated carbocycles. The maximum atomic E-state index is 5.51. The van der Waals surface area contributed by atoms with Gasteiger partial charge in [0.15, 0.2) is 5.82 Å². The minimum Gasteiger partial charge on any atom is -0.328 e. The van der Waals surface area contributed by atoms with E-state index in [4.69, 9.17) is 5.73 Å². The second-order valence-corrected chi connectivity index (χ2v) is 4.47. The molecule has 2 rings (SSSR count). The van der Waals surface area contributed by atoms with Crippen LogP contribution in [0.2, 0.25) is 0 Å². The summed E-state index contributed by atoms with van der Waals surface area (Å²) >= 11 is 0. The lowest BCUT2D eigenvalue weighted by atomic mass is 10.1. The first-order valence-corrected chi connectivity index (χ1v) is 5.93. The Morgan fingerprint density at radius 1 is 1.06 bits per heavy atom. The first-order chi connectivity index (χ1) is 8.60. The zero-order valence-electron chi connectivity index (χ0n) is 11.0. The number of nitrogens with zero attached hydrogens (tertiary/aromatic N) is 3. The van der Waals surface area contributed by atoms with Gasteiger partial charge in [-0.05, 0) is 37.1 Å². The first-order valence-electron chi connectivity index (χ1n) is 5.93. The molecular weight excluding hydrogens is 224 g/mol. The standard InChI is InChI=1S/C14H18N4/c1-10-4-11(2)6-13(5-10)18(3)14-9-16-12(7-15)8-17-14/h4-6,8-9H,7,15H2,1-3H3. The Hall–Kier alpha value is -1.94. The molecule has 0 amide bonds. The molecule has 18 heavy (non-hydrogen) atoms. The van der Waals surface area contributed by atoms with Crippen molar-refractivity contribution in [2.75, 3.05) is 11.9 Å². The Kier molecular flexibility index (Phi) is 3.58. The summed E-state index contributed by atoms with van der Waals surface area (Å²) in [5.74, 6) is 0.817. The highest BCUT2D eigenvalue weighted by Crippen LogP contribution is 2.23. The minimum atomic E-state index is 0.417. The van der Waals surface area contributed by atoms with Crippen molar-refractivity contribution in [2.45, 2.75) is 20.4 Å². The normalized spacial score (nSPS) is 10.4. The first kappa shape index (κ1) is 12.5. The molecule has 0 bridgehead atoms. The fourth-order valence-corrected chi connectivity index (χ4v) is 1.90. The average molecular weight is 242 g/mol. The van der Waals surface area contributed by atoms with Crippen LogP contribution in [0.5, 0.6) is 0 Å². The van der Waals surface area contributed by atoms with Gasteiger partial charge < -0.3 is 10.6 Å². The molecule has 94 valence electrons. The van der Waals surface area contributed by atoms with Crippen molar-refractivity contribution in [3.63, 3.8) is 0 Å². The number of aromatic nitrogens is 2. The Morgan fingerprint density at radius 3 is 2.22 bits per heavy atom. The molecule has 2 aromatic rings. The predicted octanol–water partition coefficient (Wildman–Crippen LogP) is 2.32. The van der Waals surface area contributed by atoms with E-state index in [2.05, 4.69) is 42.0 Å². The number of hydrogen-bond donors (Lipinski definition) is 1. The van der Waals surface area contributed by atoms with Crippen LogP contribution in [0.1, 0.15) is 16.8 Å². The summed E-state index contributed by atoms with van der Waals surface area (Å²) in [6.45, 7) is 4.60. The molecule has 4 nitrogen and oxygen atoms in total. The van der Waals surface area contributed by atoms with Crippen molar-refractivity contribution >= 4 is 11.5 Å². The van der Waals surface area contributed by atoms with Gasteiger partial charge >= 0.3 is 0 Å². The zero-order chi connectivity index (χ0) is 13.1. The molecule has 0 saturated heterocycles. The van der Waals surface area contributed by atoms with E-state index in [0.29, 0.717) is 6.54 Å². The molecule has 1 aromatic heterocycles. The third-order valence-corrected chi connectivity index (χ3v) is 2.84. The summed E-state index contributed by atoms with van der Waals surface area (Å²) in [7, 11) is 1.99. The number of benzene rings is 1. The van der Waals surface area contributed by atoms with Gasteiger partial charge in [-0.1, -0.05) is 6.07 Å². The van der Waals surface area contributed by atoms with E-state index in [-0.39, 0.29) is 0 Å². The molecule has 1 heterocycles. The van der Waals surface area contributed by atoms with Gasteiger partial charge in [-0.2, -0.15) is 0 Å². The Bertz CT molecular complexity index is 514. The second-order valence-electron chi connectivity index (χ2n) is 4.47. The fourth-order valence-electron chi connectivity index (χ4n) is 1.90. The fraction of sp³-hybridized carbons (Fsp3) is 0.286. The van der Waals surface area contributed by atoms with Gasteiger partial charge in [-0.25, -0.2) is 4.98 Å². The highest BCUT2D eigenvalue weighted by atomic mass is 15.2. The van der Waals surface area contributed by atoms with Crippen LogP contribution < -0.4 is 10.6 Å². The maximum Gasteiger partial charge on any atom is 0.151 e. The van der Waals surface area contributed by atoms with Crippen LogP contribution in [0.15, 0.2) is 30.6 Å². The number of rotatable bonds is 3. The van der Waals surface area contributed by atoms with Gasteiger partial charge in [0.05, 0.1) is 18.1 Å². The van der Waals surface area contributed by atoms with E-state index in [1.807, 2.05) is 11.9 Å². The molecular formula is C14H18N4. The Balaban J connectivity index is 2.31. The van der Waals surface area contributed by atoms with Crippen molar-refractivity contribution in [1.29, 1.82) is 0 Å². The summed E-state index contributed by atoms with van der Waals surface area (Å²) in [6, 6.07) is 6.41. The van der Waals surface area contributed by atoms with Crippen LogP contribution in [0.4, 0.5) is 11.5 Å². The van der Waals surface area contributed by atoms with Crippen molar-refractivity contribution in [1.82, 2.24) is 9.97 Å². The topological polar surface area (TPSA) is 55.0 Å². The molecule has 0 unspecified atom stereocenters. The van der Waals surface area contributed by atoms with E-state index < -0.39 is 0 Å². The van der Waals surface area contributed by atoms with E-state index >= 15 is 0 Å². The number of aryl methyl sites for hydroxylation is 2. The average Bonchev–Trinajstić information content (AvgIpc) is 2.37. The van der Waals surface area contributed by atoms with Crippen molar-refractivity contribution < 1.29 is 0 Å². The molecule has 0 aliphatic rings. The van der Waals surface area contributed by atoms with Crippen LogP contribution >= 0.6 is 0 Å². The smallest absolute Gasteiger partial charge is 0.151 e. The maximum absolute atomic E-state index is 5.51. The number of nitrogens with two attached hydrogens (primary N) is 1. The molecule has 2 N–H and O–H groups in total. The van der Waals surface area contributed by atoms with Gasteiger partial charge in [0.25, 0.3) is 0 Å². The molecule has 0 spiro atoms. The highest BCUT2D eigenvalue weighted by molar-refractivity contribution is 5.60. The highest BCUT2D eigenvalue weighted by Gasteiger charge is 2.06. The third-order valence-electron chi connectivity index (χ3n) is 2.84. The van der Waals surface area contributed by atoms with Gasteiger partial charge in [0.1, 0.15) is 0 Å². The number of anilines is 2. The van der Waals surface area contributed by atoms with Crippen LogP contribution in [0, 0.1) is 13.8 Å². The Morgan fingerprint density at radius 2 is 1.72 bits per heavy atom. The van der Waals surface area contributed by atoms with Gasteiger partial charge in [-0.15, -0.1) is 0 Å². The van der Waals surface area contributed by atoms with Crippen LogP contribution in [0.3, 0.4) is 0 Å². The van der Waals surface area contributed by atoms with Crippen molar-refractivity contribution in [3.8, 4) is 0 Å². The van der Waals surface area contributed by atoms with Gasteiger partial charge in [0.2, 0.25) is 0 Å². The summed E-state index contributed by atoms with van der Waals surface area (Å²) in [5.41, 5.74) is 9.90. The second kappa shape index (κ2) is 5.14. The summed E-state index contributed by atoms with van der Waals surface area (Å²) in [5, 5.41) is 0. The number of hydrogen-bond acceptors (Lipinski definition) is 4. The largest absolute Gasteiger partial charge is 0.328 e. The zero-order valence-corrected chi connectivity index (χ0v) is 11.0. The predicted molar refractivity (Wildman–Crippen MR) is 73.9 cm³/mol. The summed E-state index contributed by atoms with van der Waals surface area (Å²) in [4.78, 5) is 10.6. The summed E-state index contributed by atoms with van der Waals surface area (Å²) < 4.78 is 0. The molecule has 0 radical (unpaired) electrons. The molecule has 0 aliphatic heterocycles. The minimum absolute atomic E-state index is 0.417. The Labute approximate surface area is 107 Å². The molecule has 0 aliphatic carbocycles. The molecule has 4 heteroatoms. The van der Waals surface area contributed by atoms with Crippen LogP contribution in [0.25, 0.3) is 0 Å². The van der Waals surface area contributed by atoms with Crippen LogP contribution in [-0.2, 0) is 6.54 Å². The van der Waals surface area contributed by atoms with Crippen molar-refractivity contribution in [2.24, 2.45) is 5.73 Å². The van der Waals surface area contributed by atoms with E-state index in [1.54, 1.807) is 12.4 Å². The lowest BCUT2D eigenvalue weighted by Crippen LogP contribution is -2.12. The van der Waals surface area contributed by atoms with E-state index in [9.17, 15) is 0 Å². The van der Waals surface area contributed by atoms with E-state index in [0.717, 1.165) is 17.2 Å². The third kappa shape index (κ3) is 2.65. The van der Waals surface area contributed by atoms with E-state index in [1.165, 1.54) is 11.1 Å². The summed E-state index contributed by atoms with van der Waals surface area (Å²) in [6.07, 6.45) is 3.47. The van der Waals surface area contributed by atoms with Crippen LogP contribution in [-0.4, -0.2) is 17.0 Å². The van der Waals surface area contributed by atoms with Gasteiger partial charge in [-0.3, -0.25) is 4.98 Å².